The second kappa shape index (κ2) is 37.6. The Bertz CT molecular complexity index is 899. The van der Waals surface area contributed by atoms with Crippen molar-refractivity contribution in [3.63, 3.8) is 0 Å². The molecule has 2 amide bonds. The van der Waals surface area contributed by atoms with E-state index >= 15 is 0 Å². The number of carbonyl (C=O) groups excluding carboxylic acids is 2. The number of nitrogens with one attached hydrogen (secondary N) is 2. The fourth-order valence-electron chi connectivity index (χ4n) is 6.91. The van der Waals surface area contributed by atoms with E-state index in [2.05, 4.69) is 48.4 Å². The summed E-state index contributed by atoms with van der Waals surface area (Å²) in [6.45, 7) is 9.69. The molecule has 0 unspecified atom stereocenters. The van der Waals surface area contributed by atoms with Crippen LogP contribution >= 0.6 is 0 Å². The molecule has 0 saturated carbocycles. The van der Waals surface area contributed by atoms with Gasteiger partial charge >= 0.3 is 12.2 Å². The number of carbonyl (C=O) groups is 2. The number of anilines is 2. The summed E-state index contributed by atoms with van der Waals surface area (Å²) in [4.78, 5) is 29.3. The number of nitrogens with zero attached hydrogens (tertiary/aromatic N) is 2. The van der Waals surface area contributed by atoms with E-state index in [0.29, 0.717) is 24.6 Å². The number of ether oxygens (including phenoxy) is 2. The van der Waals surface area contributed by atoms with Crippen LogP contribution in [0.5, 0.6) is 0 Å². The molecule has 314 valence electrons. The molecule has 0 atom stereocenters. The Balaban J connectivity index is 1.96. The fraction of sp³-hybridized carbons (Fsp3) is 0.826. The first-order chi connectivity index (χ1) is 26.4. The van der Waals surface area contributed by atoms with Gasteiger partial charge in [0, 0.05) is 11.4 Å². The van der Waals surface area contributed by atoms with Crippen LogP contribution in [-0.2, 0) is 9.47 Å². The van der Waals surface area contributed by atoms with Gasteiger partial charge in [0.2, 0.25) is 0 Å². The zero-order valence-electron chi connectivity index (χ0n) is 35.9. The van der Waals surface area contributed by atoms with Crippen molar-refractivity contribution in [2.45, 2.75) is 194 Å². The van der Waals surface area contributed by atoms with Crippen molar-refractivity contribution in [1.82, 2.24) is 9.80 Å². The molecule has 1 aromatic carbocycles. The van der Waals surface area contributed by atoms with E-state index in [-0.39, 0.29) is 0 Å². The number of rotatable bonds is 38. The molecule has 0 radical (unpaired) electrons. The van der Waals surface area contributed by atoms with Gasteiger partial charge < -0.3 is 19.3 Å². The number of benzene rings is 1. The van der Waals surface area contributed by atoms with E-state index in [9.17, 15) is 9.59 Å². The van der Waals surface area contributed by atoms with E-state index < -0.39 is 12.2 Å². The number of unbranched alkanes of at least 4 members (excludes halogenated alkanes) is 24. The van der Waals surface area contributed by atoms with Crippen LogP contribution in [0.15, 0.2) is 24.3 Å². The molecule has 0 bridgehead atoms. The maximum atomic E-state index is 12.2. The normalized spacial score (nSPS) is 11.4. The lowest BCUT2D eigenvalue weighted by atomic mass is 10.1. The summed E-state index contributed by atoms with van der Waals surface area (Å²) >= 11 is 0. The average molecular weight is 759 g/mol. The van der Waals surface area contributed by atoms with Crippen LogP contribution in [0.1, 0.15) is 194 Å². The molecule has 54 heavy (non-hydrogen) atoms. The molecule has 0 fully saturated rings. The van der Waals surface area contributed by atoms with E-state index in [0.717, 1.165) is 51.9 Å². The van der Waals surface area contributed by atoms with E-state index in [1.807, 2.05) is 0 Å². The van der Waals surface area contributed by atoms with Crippen LogP contribution in [0, 0.1) is 0 Å². The minimum atomic E-state index is -0.459. The molecule has 0 aliphatic carbocycles. The van der Waals surface area contributed by atoms with Gasteiger partial charge in [0.15, 0.2) is 0 Å². The summed E-state index contributed by atoms with van der Waals surface area (Å²) < 4.78 is 10.7. The Morgan fingerprint density at radius 2 is 0.648 bits per heavy atom. The van der Waals surface area contributed by atoms with E-state index in [1.165, 1.54) is 154 Å². The van der Waals surface area contributed by atoms with Crippen molar-refractivity contribution in [1.29, 1.82) is 0 Å². The first-order valence-electron chi connectivity index (χ1n) is 22.8. The topological polar surface area (TPSA) is 83.1 Å². The highest BCUT2D eigenvalue weighted by Crippen LogP contribution is 2.16. The molecular weight excluding hydrogens is 673 g/mol. The van der Waals surface area contributed by atoms with Crippen molar-refractivity contribution in [3.05, 3.63) is 24.3 Å². The van der Waals surface area contributed by atoms with Gasteiger partial charge in [-0.2, -0.15) is 0 Å². The summed E-state index contributed by atoms with van der Waals surface area (Å²) in [5, 5.41) is 5.52. The summed E-state index contributed by atoms with van der Waals surface area (Å²) in [6.07, 6.45) is 35.9. The maximum absolute atomic E-state index is 12.2. The van der Waals surface area contributed by atoms with Gasteiger partial charge in [0.25, 0.3) is 0 Å². The number of hydrogen-bond acceptors (Lipinski definition) is 6. The third-order valence-electron chi connectivity index (χ3n) is 10.5. The van der Waals surface area contributed by atoms with E-state index in [4.69, 9.17) is 9.47 Å². The summed E-state index contributed by atoms with van der Waals surface area (Å²) in [6, 6.07) is 6.98. The zero-order valence-corrected chi connectivity index (χ0v) is 35.9. The summed E-state index contributed by atoms with van der Waals surface area (Å²) in [7, 11) is 4.37. The highest BCUT2D eigenvalue weighted by atomic mass is 16.6. The van der Waals surface area contributed by atoms with Crippen LogP contribution in [0.3, 0.4) is 0 Å². The second-order valence-electron chi connectivity index (χ2n) is 15.9. The van der Waals surface area contributed by atoms with Gasteiger partial charge in [-0.15, -0.1) is 0 Å². The Labute approximate surface area is 333 Å². The van der Waals surface area contributed by atoms with Crippen LogP contribution in [0.4, 0.5) is 21.0 Å². The summed E-state index contributed by atoms with van der Waals surface area (Å²) in [5.41, 5.74) is 1.24. The smallest absolute Gasteiger partial charge is 0.411 e. The Morgan fingerprint density at radius 3 is 0.926 bits per heavy atom. The molecule has 0 aliphatic heterocycles. The average Bonchev–Trinajstić information content (AvgIpc) is 3.16. The van der Waals surface area contributed by atoms with Gasteiger partial charge in [-0.3, -0.25) is 10.6 Å². The van der Waals surface area contributed by atoms with Gasteiger partial charge in [-0.1, -0.05) is 155 Å². The third-order valence-corrected chi connectivity index (χ3v) is 10.5. The van der Waals surface area contributed by atoms with Crippen LogP contribution < -0.4 is 10.6 Å². The molecule has 0 aliphatic rings. The van der Waals surface area contributed by atoms with E-state index in [1.54, 1.807) is 24.3 Å². The van der Waals surface area contributed by atoms with Gasteiger partial charge in [0.05, 0.1) is 13.2 Å². The second-order valence-corrected chi connectivity index (χ2v) is 15.9. The van der Waals surface area contributed by atoms with Gasteiger partial charge in [-0.25, -0.2) is 9.59 Å². The molecule has 0 aromatic heterocycles. The van der Waals surface area contributed by atoms with Crippen LogP contribution in [0.2, 0.25) is 0 Å². The van der Waals surface area contributed by atoms with Crippen molar-refractivity contribution in [2.24, 2.45) is 0 Å². The lowest BCUT2D eigenvalue weighted by Gasteiger charge is -2.16. The molecule has 8 nitrogen and oxygen atoms in total. The first-order valence-corrected chi connectivity index (χ1v) is 22.8. The molecule has 1 rings (SSSR count). The minimum Gasteiger partial charge on any atom is -0.449 e. The lowest BCUT2D eigenvalue weighted by Crippen LogP contribution is -2.21. The van der Waals surface area contributed by atoms with Gasteiger partial charge in [0.1, 0.15) is 0 Å². The Morgan fingerprint density at radius 1 is 0.407 bits per heavy atom. The van der Waals surface area contributed by atoms with Crippen LogP contribution in [-0.4, -0.2) is 75.5 Å². The molecule has 0 spiro atoms. The lowest BCUT2D eigenvalue weighted by molar-refractivity contribution is 0.156. The zero-order chi connectivity index (χ0) is 39.2. The Kier molecular flexibility index (Phi) is 34.6. The maximum Gasteiger partial charge on any atom is 0.411 e. The standard InChI is InChI=1S/C46H86N4O4/c1-5-7-9-11-13-15-17-19-21-23-25-27-37-49(3)39-29-31-41-53-45(51)47-43-33-35-44(36-34-43)48-46(52)54-42-32-30-40-50(4)38-28-26-24-22-20-18-16-14-12-10-8-6-2/h33-36H,5-32,37-42H2,1-4H3,(H,47,51)(H,48,52). The van der Waals surface area contributed by atoms with Crippen molar-refractivity contribution in [3.8, 4) is 0 Å². The largest absolute Gasteiger partial charge is 0.449 e. The third kappa shape index (κ3) is 33.1. The quantitative estimate of drug-likeness (QED) is 0.0654. The molecule has 1 aromatic rings. The van der Waals surface area contributed by atoms with Gasteiger partial charge in [-0.05, 0) is 103 Å². The Hall–Kier alpha value is -2.32. The molecule has 2 N–H and O–H groups in total. The SMILES string of the molecule is CCCCCCCCCCCCCCN(C)CCCCOC(=O)Nc1ccc(NC(=O)OCCCCN(C)CCCCCCCCCCCCCC)cc1. The van der Waals surface area contributed by atoms with Crippen molar-refractivity contribution < 1.29 is 19.1 Å². The number of hydrogen-bond donors (Lipinski definition) is 2. The van der Waals surface area contributed by atoms with Crippen LogP contribution in [0.25, 0.3) is 0 Å². The first kappa shape index (κ1) is 49.7. The molecule has 0 heterocycles. The predicted octanol–water partition coefficient (Wildman–Crippen LogP) is 13.6. The highest BCUT2D eigenvalue weighted by molar-refractivity contribution is 5.87. The molecule has 8 heteroatoms. The number of amides is 2. The predicted molar refractivity (Wildman–Crippen MR) is 232 cm³/mol. The van der Waals surface area contributed by atoms with Crippen molar-refractivity contribution >= 4 is 23.6 Å². The fourth-order valence-corrected chi connectivity index (χ4v) is 6.91. The molecular formula is C46H86N4O4. The minimum absolute atomic E-state index is 0.402. The molecule has 0 saturated heterocycles. The summed E-state index contributed by atoms with van der Waals surface area (Å²) in [5.74, 6) is 0. The monoisotopic (exact) mass is 759 g/mol. The highest BCUT2D eigenvalue weighted by Gasteiger charge is 2.07. The van der Waals surface area contributed by atoms with Crippen molar-refractivity contribution in [2.75, 3.05) is 64.1 Å².